The molecule has 6 heteroatoms. The summed E-state index contributed by atoms with van der Waals surface area (Å²) in [5, 5.41) is 2.67. The van der Waals surface area contributed by atoms with Gasteiger partial charge in [0.15, 0.2) is 0 Å². The van der Waals surface area contributed by atoms with Crippen molar-refractivity contribution in [3.8, 4) is 0 Å². The van der Waals surface area contributed by atoms with Crippen LogP contribution in [0.3, 0.4) is 0 Å². The Balaban J connectivity index is 2.07. The summed E-state index contributed by atoms with van der Waals surface area (Å²) in [5.41, 5.74) is 6.09. The number of amides is 2. The number of nitrogens with one attached hydrogen (secondary N) is 1. The molecule has 1 aliphatic heterocycles. The van der Waals surface area contributed by atoms with Gasteiger partial charge in [-0.2, -0.15) is 0 Å². The second-order valence-electron chi connectivity index (χ2n) is 4.55. The molecule has 1 saturated heterocycles. The largest absolute Gasteiger partial charge is 0.392 e. The van der Waals surface area contributed by atoms with Crippen LogP contribution < -0.4 is 11.1 Å². The number of carbonyl (C=O) groups excluding carboxylic acids is 1. The quantitative estimate of drug-likeness (QED) is 0.819. The molecule has 3 N–H and O–H groups in total. The van der Waals surface area contributed by atoms with Crippen LogP contribution in [-0.2, 0) is 0 Å². The second-order valence-corrected chi connectivity index (χ2v) is 5.02. The Bertz CT molecular complexity index is 495. The van der Waals surface area contributed by atoms with Crippen molar-refractivity contribution >= 4 is 28.9 Å². The molecule has 1 aromatic carbocycles. The van der Waals surface area contributed by atoms with Gasteiger partial charge in [-0.05, 0) is 37.5 Å². The molecule has 1 heterocycles. The fraction of sp³-hybridized carbons (Fsp3) is 0.385. The molecule has 2 rings (SSSR count). The third kappa shape index (κ3) is 3.41. The third-order valence-electron chi connectivity index (χ3n) is 3.17. The topological polar surface area (TPSA) is 58.4 Å². The van der Waals surface area contributed by atoms with Crippen LogP contribution in [0.15, 0.2) is 24.3 Å². The van der Waals surface area contributed by atoms with E-state index in [0.717, 1.165) is 19.3 Å². The van der Waals surface area contributed by atoms with Gasteiger partial charge in [0.05, 0.1) is 11.0 Å². The highest BCUT2D eigenvalue weighted by molar-refractivity contribution is 7.80. The van der Waals surface area contributed by atoms with E-state index in [9.17, 15) is 9.18 Å². The highest BCUT2D eigenvalue weighted by atomic mass is 32.1. The van der Waals surface area contributed by atoms with E-state index in [2.05, 4.69) is 5.32 Å². The number of piperidine rings is 1. The summed E-state index contributed by atoms with van der Waals surface area (Å²) < 4.78 is 13.1. The maximum atomic E-state index is 13.1. The normalized spacial score (nSPS) is 19.0. The zero-order valence-electron chi connectivity index (χ0n) is 10.4. The van der Waals surface area contributed by atoms with Crippen LogP contribution in [0.25, 0.3) is 0 Å². The number of urea groups is 1. The molecule has 0 aromatic heterocycles. The maximum absolute atomic E-state index is 13.1. The van der Waals surface area contributed by atoms with E-state index < -0.39 is 0 Å². The molecule has 1 atom stereocenters. The average molecular weight is 281 g/mol. The van der Waals surface area contributed by atoms with Gasteiger partial charge in [0.25, 0.3) is 0 Å². The lowest BCUT2D eigenvalue weighted by atomic mass is 10.0. The van der Waals surface area contributed by atoms with Gasteiger partial charge in [0, 0.05) is 12.2 Å². The van der Waals surface area contributed by atoms with Gasteiger partial charge >= 0.3 is 6.03 Å². The monoisotopic (exact) mass is 281 g/mol. The number of thiocarbonyl (C=S) groups is 1. The Kier molecular flexibility index (Phi) is 4.31. The molecular formula is C13H16FN3OS. The van der Waals surface area contributed by atoms with Gasteiger partial charge in [0.2, 0.25) is 0 Å². The van der Waals surface area contributed by atoms with E-state index in [1.54, 1.807) is 17.0 Å². The number of hydrogen-bond acceptors (Lipinski definition) is 2. The minimum Gasteiger partial charge on any atom is -0.392 e. The summed E-state index contributed by atoms with van der Waals surface area (Å²) in [5.74, 6) is -0.387. The Morgan fingerprint density at radius 1 is 1.47 bits per heavy atom. The van der Waals surface area contributed by atoms with Gasteiger partial charge in [-0.1, -0.05) is 18.3 Å². The number of anilines is 1. The van der Waals surface area contributed by atoms with E-state index in [0.29, 0.717) is 17.2 Å². The van der Waals surface area contributed by atoms with E-state index in [-0.39, 0.29) is 17.9 Å². The molecule has 19 heavy (non-hydrogen) atoms. The first kappa shape index (κ1) is 13.7. The zero-order valence-corrected chi connectivity index (χ0v) is 11.3. The van der Waals surface area contributed by atoms with Gasteiger partial charge < -0.3 is 16.0 Å². The van der Waals surface area contributed by atoms with Crippen molar-refractivity contribution < 1.29 is 9.18 Å². The highest BCUT2D eigenvalue weighted by Gasteiger charge is 2.28. The molecule has 0 radical (unpaired) electrons. The number of benzene rings is 1. The molecule has 0 bridgehead atoms. The molecule has 1 aliphatic rings. The molecule has 102 valence electrons. The standard InChI is InChI=1S/C13H16FN3OS/c14-9-4-3-5-10(8-9)16-13(18)17-7-2-1-6-11(17)12(15)19/h3-5,8,11H,1-2,6-7H2,(H2,15,19)(H,16,18). The Morgan fingerprint density at radius 3 is 2.95 bits per heavy atom. The molecule has 2 amide bonds. The molecule has 0 saturated carbocycles. The van der Waals surface area contributed by atoms with Crippen LogP contribution in [-0.4, -0.2) is 28.5 Å². The van der Waals surface area contributed by atoms with Crippen molar-refractivity contribution in [2.24, 2.45) is 5.73 Å². The van der Waals surface area contributed by atoms with E-state index in [1.165, 1.54) is 12.1 Å². The number of likely N-dealkylation sites (tertiary alicyclic amines) is 1. The molecule has 0 aliphatic carbocycles. The number of hydrogen-bond donors (Lipinski definition) is 2. The minimum atomic E-state index is -0.387. The van der Waals surface area contributed by atoms with E-state index in [1.807, 2.05) is 0 Å². The zero-order chi connectivity index (χ0) is 13.8. The lowest BCUT2D eigenvalue weighted by molar-refractivity contribution is 0.186. The summed E-state index contributed by atoms with van der Waals surface area (Å²) >= 11 is 4.99. The Labute approximate surface area is 116 Å². The van der Waals surface area contributed by atoms with Gasteiger partial charge in [-0.3, -0.25) is 0 Å². The lowest BCUT2D eigenvalue weighted by Crippen LogP contribution is -2.51. The Hall–Kier alpha value is -1.69. The van der Waals surface area contributed by atoms with Crippen molar-refractivity contribution in [2.75, 3.05) is 11.9 Å². The number of nitrogens with zero attached hydrogens (tertiary/aromatic N) is 1. The van der Waals surface area contributed by atoms with E-state index >= 15 is 0 Å². The van der Waals surface area contributed by atoms with Crippen LogP contribution in [0.1, 0.15) is 19.3 Å². The summed E-state index contributed by atoms with van der Waals surface area (Å²) in [6.45, 7) is 0.614. The van der Waals surface area contributed by atoms with Crippen molar-refractivity contribution in [3.63, 3.8) is 0 Å². The second kappa shape index (κ2) is 5.97. The van der Waals surface area contributed by atoms with Crippen molar-refractivity contribution in [1.82, 2.24) is 4.90 Å². The van der Waals surface area contributed by atoms with Crippen molar-refractivity contribution in [3.05, 3.63) is 30.1 Å². The predicted octanol–water partition coefficient (Wildman–Crippen LogP) is 2.50. The number of nitrogens with two attached hydrogens (primary N) is 1. The lowest BCUT2D eigenvalue weighted by Gasteiger charge is -2.34. The number of carbonyl (C=O) groups is 1. The predicted molar refractivity (Wildman–Crippen MR) is 76.5 cm³/mol. The molecular weight excluding hydrogens is 265 g/mol. The maximum Gasteiger partial charge on any atom is 0.322 e. The SMILES string of the molecule is NC(=S)C1CCCCN1C(=O)Nc1cccc(F)c1. The van der Waals surface area contributed by atoms with Crippen LogP contribution in [0.5, 0.6) is 0 Å². The van der Waals surface area contributed by atoms with Crippen LogP contribution in [0.2, 0.25) is 0 Å². The third-order valence-corrected chi connectivity index (χ3v) is 3.44. The summed E-state index contributed by atoms with van der Waals surface area (Å²) in [7, 11) is 0. The van der Waals surface area contributed by atoms with Crippen LogP contribution in [0, 0.1) is 5.82 Å². The first-order valence-corrected chi connectivity index (χ1v) is 6.61. The smallest absolute Gasteiger partial charge is 0.322 e. The number of halogens is 1. The first-order chi connectivity index (χ1) is 9.08. The average Bonchev–Trinajstić information content (AvgIpc) is 2.38. The first-order valence-electron chi connectivity index (χ1n) is 6.20. The van der Waals surface area contributed by atoms with Gasteiger partial charge in [-0.15, -0.1) is 0 Å². The highest BCUT2D eigenvalue weighted by Crippen LogP contribution is 2.19. The molecule has 0 spiro atoms. The molecule has 1 fully saturated rings. The van der Waals surface area contributed by atoms with Crippen LogP contribution >= 0.6 is 12.2 Å². The summed E-state index contributed by atoms with van der Waals surface area (Å²) in [4.78, 5) is 14.1. The fourth-order valence-electron chi connectivity index (χ4n) is 2.23. The van der Waals surface area contributed by atoms with Crippen LogP contribution in [0.4, 0.5) is 14.9 Å². The molecule has 1 aromatic rings. The Morgan fingerprint density at radius 2 is 2.26 bits per heavy atom. The summed E-state index contributed by atoms with van der Waals surface area (Å²) in [6, 6.07) is 5.29. The number of rotatable bonds is 2. The van der Waals surface area contributed by atoms with Gasteiger partial charge in [0.1, 0.15) is 5.82 Å². The van der Waals surface area contributed by atoms with Crippen molar-refractivity contribution in [1.29, 1.82) is 0 Å². The van der Waals surface area contributed by atoms with Gasteiger partial charge in [-0.25, -0.2) is 9.18 Å². The van der Waals surface area contributed by atoms with E-state index in [4.69, 9.17) is 18.0 Å². The van der Waals surface area contributed by atoms with Crippen molar-refractivity contribution in [2.45, 2.75) is 25.3 Å². The molecule has 4 nitrogen and oxygen atoms in total. The fourth-order valence-corrected chi connectivity index (χ4v) is 2.48. The molecule has 1 unspecified atom stereocenters. The summed E-state index contributed by atoms with van der Waals surface area (Å²) in [6.07, 6.45) is 2.72. The minimum absolute atomic E-state index is 0.211.